The highest BCUT2D eigenvalue weighted by atomic mass is 15.1. The maximum Gasteiger partial charge on any atom is 0.0417 e. The lowest BCUT2D eigenvalue weighted by Gasteiger charge is -2.24. The maximum absolute atomic E-state index is 2.36. The summed E-state index contributed by atoms with van der Waals surface area (Å²) in [5.74, 6) is 0. The number of hydrogen-bond donors (Lipinski definition) is 0. The van der Waals surface area contributed by atoms with Gasteiger partial charge in [-0.05, 0) is 52.7 Å². The Labute approximate surface area is 136 Å². The van der Waals surface area contributed by atoms with Crippen LogP contribution in [0.25, 0.3) is 21.5 Å². The van der Waals surface area contributed by atoms with Crippen molar-refractivity contribution in [1.29, 1.82) is 0 Å². The van der Waals surface area contributed by atoms with Crippen molar-refractivity contribution in [2.24, 2.45) is 0 Å². The second-order valence-electron chi connectivity index (χ2n) is 5.81. The molecule has 0 spiro atoms. The zero-order chi connectivity index (χ0) is 15.6. The molecule has 4 aromatic rings. The summed E-state index contributed by atoms with van der Waals surface area (Å²) in [6.07, 6.45) is 0. The molecule has 0 saturated carbocycles. The van der Waals surface area contributed by atoms with Crippen LogP contribution in [-0.4, -0.2) is 6.54 Å². The number of nitrogens with zero attached hydrogens (tertiary/aromatic N) is 1. The zero-order valence-corrected chi connectivity index (χ0v) is 13.2. The molecule has 0 radical (unpaired) electrons. The van der Waals surface area contributed by atoms with Gasteiger partial charge in [-0.25, -0.2) is 0 Å². The molecule has 0 aliphatic rings. The standard InChI is InChI=1S/C22H19N/c1-2-23(21-13-11-17-7-3-5-9-19(17)15-21)22-14-12-18-8-4-6-10-20(18)16-22/h3-16H,2H2,1H3. The van der Waals surface area contributed by atoms with Gasteiger partial charge in [0.05, 0.1) is 0 Å². The molecular weight excluding hydrogens is 278 g/mol. The molecule has 0 bridgehead atoms. The van der Waals surface area contributed by atoms with Crippen LogP contribution in [0.5, 0.6) is 0 Å². The van der Waals surface area contributed by atoms with E-state index in [1.165, 1.54) is 32.9 Å². The molecule has 0 aromatic heterocycles. The first-order valence-electron chi connectivity index (χ1n) is 8.10. The van der Waals surface area contributed by atoms with Gasteiger partial charge in [-0.3, -0.25) is 0 Å². The second-order valence-corrected chi connectivity index (χ2v) is 5.81. The molecule has 1 nitrogen and oxygen atoms in total. The molecule has 1 heteroatoms. The molecule has 112 valence electrons. The van der Waals surface area contributed by atoms with E-state index >= 15 is 0 Å². The molecule has 0 aliphatic carbocycles. The van der Waals surface area contributed by atoms with Gasteiger partial charge in [0.2, 0.25) is 0 Å². The molecular formula is C22H19N. The SMILES string of the molecule is CCN(c1ccc2ccccc2c1)c1ccc2ccccc2c1. The molecule has 0 amide bonds. The molecule has 0 heterocycles. The Hall–Kier alpha value is -2.80. The van der Waals surface area contributed by atoms with E-state index in [0.29, 0.717) is 0 Å². The molecule has 4 aromatic carbocycles. The molecule has 0 fully saturated rings. The molecule has 0 aliphatic heterocycles. The monoisotopic (exact) mass is 297 g/mol. The smallest absolute Gasteiger partial charge is 0.0417 e. The summed E-state index contributed by atoms with van der Waals surface area (Å²) in [6.45, 7) is 3.14. The third-order valence-corrected chi connectivity index (χ3v) is 4.41. The first-order chi connectivity index (χ1) is 11.3. The Morgan fingerprint density at radius 1 is 0.565 bits per heavy atom. The van der Waals surface area contributed by atoms with Crippen molar-refractivity contribution in [3.05, 3.63) is 84.9 Å². The molecule has 0 saturated heterocycles. The van der Waals surface area contributed by atoms with Crippen LogP contribution < -0.4 is 4.90 Å². The Kier molecular flexibility index (Phi) is 3.47. The summed E-state index contributed by atoms with van der Waals surface area (Å²) < 4.78 is 0. The summed E-state index contributed by atoms with van der Waals surface area (Å²) in [6, 6.07) is 30.4. The highest BCUT2D eigenvalue weighted by Crippen LogP contribution is 2.30. The third-order valence-electron chi connectivity index (χ3n) is 4.41. The predicted octanol–water partition coefficient (Wildman–Crippen LogP) is 6.15. The van der Waals surface area contributed by atoms with Crippen molar-refractivity contribution >= 4 is 32.9 Å². The summed E-state index contributed by atoms with van der Waals surface area (Å²) in [7, 11) is 0. The van der Waals surface area contributed by atoms with E-state index < -0.39 is 0 Å². The molecule has 0 N–H and O–H groups in total. The topological polar surface area (TPSA) is 3.24 Å². The number of hydrogen-bond acceptors (Lipinski definition) is 1. The van der Waals surface area contributed by atoms with Crippen LogP contribution in [0.1, 0.15) is 6.92 Å². The lowest BCUT2D eigenvalue weighted by molar-refractivity contribution is 1.03. The Morgan fingerprint density at radius 3 is 1.43 bits per heavy atom. The van der Waals surface area contributed by atoms with E-state index in [4.69, 9.17) is 0 Å². The number of benzene rings is 4. The van der Waals surface area contributed by atoms with E-state index in [1.54, 1.807) is 0 Å². The van der Waals surface area contributed by atoms with Gasteiger partial charge in [0.15, 0.2) is 0 Å². The molecule has 0 unspecified atom stereocenters. The third kappa shape index (κ3) is 2.55. The maximum atomic E-state index is 2.36. The van der Waals surface area contributed by atoms with E-state index in [2.05, 4.69) is 96.8 Å². The zero-order valence-electron chi connectivity index (χ0n) is 13.2. The van der Waals surface area contributed by atoms with Crippen LogP contribution in [0, 0.1) is 0 Å². The fraction of sp³-hybridized carbons (Fsp3) is 0.0909. The average molecular weight is 297 g/mol. The Balaban J connectivity index is 1.81. The first-order valence-corrected chi connectivity index (χ1v) is 8.10. The van der Waals surface area contributed by atoms with Gasteiger partial charge in [0.1, 0.15) is 0 Å². The highest BCUT2D eigenvalue weighted by molar-refractivity contribution is 5.89. The molecule has 23 heavy (non-hydrogen) atoms. The fourth-order valence-electron chi connectivity index (χ4n) is 3.20. The van der Waals surface area contributed by atoms with Crippen molar-refractivity contribution in [2.45, 2.75) is 6.92 Å². The van der Waals surface area contributed by atoms with Crippen LogP contribution in [-0.2, 0) is 0 Å². The fourth-order valence-corrected chi connectivity index (χ4v) is 3.20. The highest BCUT2D eigenvalue weighted by Gasteiger charge is 2.08. The van der Waals surface area contributed by atoms with Gasteiger partial charge < -0.3 is 4.90 Å². The van der Waals surface area contributed by atoms with Crippen LogP contribution in [0.3, 0.4) is 0 Å². The first kappa shape index (κ1) is 13.8. The number of fused-ring (bicyclic) bond motifs is 2. The van der Waals surface area contributed by atoms with Crippen molar-refractivity contribution < 1.29 is 0 Å². The van der Waals surface area contributed by atoms with Crippen LogP contribution in [0.4, 0.5) is 11.4 Å². The minimum Gasteiger partial charge on any atom is -0.342 e. The summed E-state index contributed by atoms with van der Waals surface area (Å²) in [5, 5.41) is 5.13. The van der Waals surface area contributed by atoms with Crippen molar-refractivity contribution in [2.75, 3.05) is 11.4 Å². The van der Waals surface area contributed by atoms with Crippen LogP contribution in [0.15, 0.2) is 84.9 Å². The van der Waals surface area contributed by atoms with Crippen molar-refractivity contribution in [1.82, 2.24) is 0 Å². The quantitative estimate of drug-likeness (QED) is 0.438. The Bertz CT molecular complexity index is 892. The molecule has 0 atom stereocenters. The van der Waals surface area contributed by atoms with E-state index in [0.717, 1.165) is 6.54 Å². The largest absolute Gasteiger partial charge is 0.342 e. The predicted molar refractivity (Wildman–Crippen MR) is 101 cm³/mol. The normalized spacial score (nSPS) is 11.0. The summed E-state index contributed by atoms with van der Waals surface area (Å²) in [4.78, 5) is 2.36. The minimum absolute atomic E-state index is 0.941. The van der Waals surface area contributed by atoms with E-state index in [1.807, 2.05) is 0 Å². The van der Waals surface area contributed by atoms with Crippen LogP contribution in [0.2, 0.25) is 0 Å². The van der Waals surface area contributed by atoms with Crippen molar-refractivity contribution in [3.8, 4) is 0 Å². The lowest BCUT2D eigenvalue weighted by Crippen LogP contribution is -2.15. The van der Waals surface area contributed by atoms with Crippen LogP contribution >= 0.6 is 0 Å². The van der Waals surface area contributed by atoms with Gasteiger partial charge >= 0.3 is 0 Å². The van der Waals surface area contributed by atoms with Gasteiger partial charge in [-0.1, -0.05) is 60.7 Å². The summed E-state index contributed by atoms with van der Waals surface area (Å²) >= 11 is 0. The second kappa shape index (κ2) is 5.77. The van der Waals surface area contributed by atoms with Gasteiger partial charge in [0, 0.05) is 17.9 Å². The van der Waals surface area contributed by atoms with Gasteiger partial charge in [-0.15, -0.1) is 0 Å². The average Bonchev–Trinajstić information content (AvgIpc) is 2.62. The number of anilines is 2. The number of rotatable bonds is 3. The lowest BCUT2D eigenvalue weighted by atomic mass is 10.1. The van der Waals surface area contributed by atoms with Gasteiger partial charge in [-0.2, -0.15) is 0 Å². The van der Waals surface area contributed by atoms with Crippen molar-refractivity contribution in [3.63, 3.8) is 0 Å². The van der Waals surface area contributed by atoms with Gasteiger partial charge in [0.25, 0.3) is 0 Å². The molecule has 4 rings (SSSR count). The van der Waals surface area contributed by atoms with E-state index in [9.17, 15) is 0 Å². The summed E-state index contributed by atoms with van der Waals surface area (Å²) in [5.41, 5.74) is 2.47. The Morgan fingerprint density at radius 2 is 1.00 bits per heavy atom. The minimum atomic E-state index is 0.941. The van der Waals surface area contributed by atoms with E-state index in [-0.39, 0.29) is 0 Å².